The average molecular weight is 889 g/mol. The first-order valence-electron chi connectivity index (χ1n) is 19.4. The molecule has 53 heavy (non-hydrogen) atoms. The number of pyridine rings is 1. The van der Waals surface area contributed by atoms with E-state index in [9.17, 15) is 9.90 Å². The number of hydrogen-bond donors (Lipinski definition) is 1. The van der Waals surface area contributed by atoms with Crippen LogP contribution in [0.5, 0.6) is 0 Å². The Morgan fingerprint density at radius 2 is 1.49 bits per heavy atom. The molecule has 0 aliphatic rings. The molecule has 4 nitrogen and oxygen atoms in total. The van der Waals surface area contributed by atoms with Gasteiger partial charge in [0.1, 0.15) is 11.2 Å². The largest absolute Gasteiger partial charge is 0.512 e. The second kappa shape index (κ2) is 17.6. The van der Waals surface area contributed by atoms with E-state index in [1.54, 1.807) is 0 Å². The van der Waals surface area contributed by atoms with Crippen LogP contribution < -0.4 is 0 Å². The van der Waals surface area contributed by atoms with Crippen molar-refractivity contribution < 1.29 is 34.4 Å². The predicted octanol–water partition coefficient (Wildman–Crippen LogP) is 13.7. The van der Waals surface area contributed by atoms with Crippen molar-refractivity contribution in [2.75, 3.05) is 0 Å². The molecule has 0 bridgehead atoms. The summed E-state index contributed by atoms with van der Waals surface area (Å²) in [6.07, 6.45) is 5.88. The van der Waals surface area contributed by atoms with Crippen LogP contribution in [0.4, 0.5) is 0 Å². The van der Waals surface area contributed by atoms with Crippen LogP contribution in [0.15, 0.2) is 76.9 Å². The Labute approximate surface area is 330 Å². The molecule has 0 amide bonds. The first-order chi connectivity index (χ1) is 24.7. The molecule has 283 valence electrons. The van der Waals surface area contributed by atoms with E-state index in [4.69, 9.17) is 9.40 Å². The summed E-state index contributed by atoms with van der Waals surface area (Å²) in [4.78, 5) is 17.0. The van der Waals surface area contributed by atoms with Gasteiger partial charge in [-0.25, -0.2) is 0 Å². The number of aliphatic hydroxyl groups is 1. The van der Waals surface area contributed by atoms with Gasteiger partial charge in [0.05, 0.1) is 11.3 Å². The number of aryl methyl sites for hydroxylation is 2. The van der Waals surface area contributed by atoms with Crippen molar-refractivity contribution in [2.24, 2.45) is 17.8 Å². The monoisotopic (exact) mass is 889 g/mol. The minimum atomic E-state index is -0.0178. The van der Waals surface area contributed by atoms with E-state index in [1.807, 2.05) is 27.7 Å². The molecule has 6 rings (SSSR count). The molecule has 4 aromatic carbocycles. The minimum absolute atomic E-state index is 0. The molecule has 0 saturated carbocycles. The smallest absolute Gasteiger partial charge is 0.162 e. The Balaban J connectivity index is 0.000000335. The van der Waals surface area contributed by atoms with Crippen LogP contribution in [-0.2, 0) is 36.7 Å². The van der Waals surface area contributed by atoms with E-state index in [0.717, 1.165) is 81.6 Å². The molecule has 5 heteroatoms. The number of fused-ring (bicyclic) bond motifs is 6. The van der Waals surface area contributed by atoms with Gasteiger partial charge in [-0.15, -0.1) is 29.1 Å². The Morgan fingerprint density at radius 3 is 2.11 bits per heavy atom. The molecule has 2 aromatic heterocycles. The van der Waals surface area contributed by atoms with Crippen LogP contribution in [0, 0.1) is 37.7 Å². The van der Waals surface area contributed by atoms with Gasteiger partial charge in [-0.2, -0.15) is 0 Å². The fourth-order valence-electron chi connectivity index (χ4n) is 7.50. The summed E-state index contributed by atoms with van der Waals surface area (Å²) in [5.41, 5.74) is 9.87. The van der Waals surface area contributed by atoms with Gasteiger partial charge < -0.3 is 9.52 Å². The van der Waals surface area contributed by atoms with Crippen molar-refractivity contribution in [1.82, 2.24) is 4.98 Å². The molecular weight excluding hydrogens is 831 g/mol. The van der Waals surface area contributed by atoms with Gasteiger partial charge >= 0.3 is 0 Å². The molecule has 2 heterocycles. The molecule has 0 saturated heterocycles. The van der Waals surface area contributed by atoms with Crippen molar-refractivity contribution in [1.29, 1.82) is 0 Å². The number of aromatic nitrogens is 1. The molecule has 0 spiro atoms. The van der Waals surface area contributed by atoms with Gasteiger partial charge in [0.2, 0.25) is 0 Å². The van der Waals surface area contributed by atoms with Crippen molar-refractivity contribution in [3.63, 3.8) is 0 Å². The van der Waals surface area contributed by atoms with E-state index >= 15 is 0 Å². The quantitative estimate of drug-likeness (QED) is 0.0845. The number of benzene rings is 4. The number of furan rings is 1. The van der Waals surface area contributed by atoms with Crippen molar-refractivity contribution in [3.8, 4) is 11.3 Å². The van der Waals surface area contributed by atoms with Crippen molar-refractivity contribution in [2.45, 2.75) is 114 Å². The number of hydrogen-bond acceptors (Lipinski definition) is 4. The molecule has 0 aliphatic heterocycles. The van der Waals surface area contributed by atoms with Gasteiger partial charge in [-0.3, -0.25) is 9.78 Å². The summed E-state index contributed by atoms with van der Waals surface area (Å²) in [5, 5.41) is 15.5. The molecular formula is C48H58IrNO3-. The molecule has 1 radical (unpaired) electrons. The summed E-state index contributed by atoms with van der Waals surface area (Å²) in [5.74, 6) is 1.09. The second-order valence-electron chi connectivity index (χ2n) is 16.0. The van der Waals surface area contributed by atoms with Gasteiger partial charge in [-0.1, -0.05) is 116 Å². The number of nitrogens with zero attached hydrogens (tertiary/aromatic N) is 1. The van der Waals surface area contributed by atoms with E-state index < -0.39 is 0 Å². The molecule has 1 N–H and O–H groups in total. The van der Waals surface area contributed by atoms with Crippen LogP contribution in [-0.4, -0.2) is 15.9 Å². The number of allylic oxidation sites excluding steroid dienone is 2. The van der Waals surface area contributed by atoms with Crippen LogP contribution in [0.1, 0.15) is 110 Å². The zero-order valence-electron chi connectivity index (χ0n) is 33.7. The predicted molar refractivity (Wildman–Crippen MR) is 221 cm³/mol. The topological polar surface area (TPSA) is 63.3 Å². The number of carbonyl (C=O) groups is 1. The van der Waals surface area contributed by atoms with E-state index in [1.165, 1.54) is 33.7 Å². The van der Waals surface area contributed by atoms with Gasteiger partial charge in [-0.05, 0) is 80.0 Å². The third-order valence-electron chi connectivity index (χ3n) is 10.8. The molecule has 0 fully saturated rings. The first-order valence-corrected chi connectivity index (χ1v) is 19.4. The number of rotatable bonds is 10. The third kappa shape index (κ3) is 8.79. The Morgan fingerprint density at radius 1 is 0.849 bits per heavy atom. The van der Waals surface area contributed by atoms with Crippen LogP contribution in [0.3, 0.4) is 0 Å². The van der Waals surface area contributed by atoms with E-state index in [0.29, 0.717) is 5.92 Å². The van der Waals surface area contributed by atoms with E-state index in [2.05, 4.69) is 115 Å². The summed E-state index contributed by atoms with van der Waals surface area (Å²) >= 11 is 0. The maximum Gasteiger partial charge on any atom is 0.162 e. The van der Waals surface area contributed by atoms with Crippen LogP contribution in [0.25, 0.3) is 54.9 Å². The molecule has 0 atom stereocenters. The van der Waals surface area contributed by atoms with Crippen molar-refractivity contribution >= 4 is 49.4 Å². The first kappa shape index (κ1) is 42.0. The standard InChI is InChI=1S/C35H34NO.C13H24O2.Ir/c1-20(2)17-24-12-10-14-27-31-32(25-18-23-11-8-9-13-26(23)28(19-25)35(5,6)7)36-29-16-15-21(3)22(4)30(29)34(31)37-33(24)27;1-5-10(6-2)12(14)9-13(15)11(7-3)8-4;/h8-16,19-20H,17H2,1-7H3;9-11,14H,5-8H2,1-4H3;/q-1;;/b;12-9-;. The molecule has 0 aliphatic carbocycles. The zero-order valence-corrected chi connectivity index (χ0v) is 36.1. The third-order valence-corrected chi connectivity index (χ3v) is 10.8. The summed E-state index contributed by atoms with van der Waals surface area (Å²) in [6.45, 7) is 23.8. The average Bonchev–Trinajstić information content (AvgIpc) is 3.50. The number of aliphatic hydroxyl groups excluding tert-OH is 1. The molecule has 0 unspecified atom stereocenters. The van der Waals surface area contributed by atoms with Crippen LogP contribution in [0.2, 0.25) is 0 Å². The Kier molecular flexibility index (Phi) is 13.9. The van der Waals surface area contributed by atoms with Crippen molar-refractivity contribution in [3.05, 3.63) is 101 Å². The SMILES string of the molecule is CCC(CC)C(=O)/C=C(\O)C(CC)CC.Cc1ccc2nc(-c3[c-]c4ccccc4c(C(C)(C)C)c3)c3c4cccc(CC(C)C)c4oc3c2c1C.[Ir]. The van der Waals surface area contributed by atoms with Gasteiger partial charge in [0, 0.05) is 59.9 Å². The van der Waals surface area contributed by atoms with Crippen LogP contribution >= 0.6 is 0 Å². The second-order valence-corrected chi connectivity index (χ2v) is 16.0. The summed E-state index contributed by atoms with van der Waals surface area (Å²) in [7, 11) is 0. The summed E-state index contributed by atoms with van der Waals surface area (Å²) < 4.78 is 6.83. The van der Waals surface area contributed by atoms with Gasteiger partial charge in [0.25, 0.3) is 0 Å². The maximum atomic E-state index is 11.7. The summed E-state index contributed by atoms with van der Waals surface area (Å²) in [6, 6.07) is 25.5. The minimum Gasteiger partial charge on any atom is -0.512 e. The molecule has 6 aromatic rings. The normalized spacial score (nSPS) is 12.3. The fourth-order valence-corrected chi connectivity index (χ4v) is 7.50. The maximum absolute atomic E-state index is 11.7. The van der Waals surface area contributed by atoms with Gasteiger partial charge in [0.15, 0.2) is 5.78 Å². The zero-order chi connectivity index (χ0) is 37.9. The fraction of sp³-hybridized carbons (Fsp3) is 0.417. The number of ketones is 1. The Hall–Kier alpha value is -3.79. The number of para-hydroxylation sites is 1. The van der Waals surface area contributed by atoms with E-state index in [-0.39, 0.29) is 48.9 Å². The Bertz CT molecular complexity index is 2240. The number of carbonyl (C=O) groups excluding carboxylic acids is 1.